The first kappa shape index (κ1) is 13.9. The Morgan fingerprint density at radius 1 is 1.59 bits per heavy atom. The summed E-state index contributed by atoms with van der Waals surface area (Å²) in [4.78, 5) is 11.2. The third kappa shape index (κ3) is 4.68. The summed E-state index contributed by atoms with van der Waals surface area (Å²) in [6.07, 6.45) is 2.48. The maximum atomic E-state index is 11.3. The van der Waals surface area contributed by atoms with E-state index >= 15 is 0 Å². The van der Waals surface area contributed by atoms with Crippen LogP contribution in [-0.4, -0.2) is 25.2 Å². The number of thiophene rings is 1. The van der Waals surface area contributed by atoms with Crippen molar-refractivity contribution in [2.75, 3.05) is 5.75 Å². The summed E-state index contributed by atoms with van der Waals surface area (Å²) in [5.41, 5.74) is 0.719. The molecule has 94 valence electrons. The van der Waals surface area contributed by atoms with Crippen molar-refractivity contribution in [2.24, 2.45) is 0 Å². The second kappa shape index (κ2) is 5.95. The molecule has 0 spiro atoms. The lowest BCUT2D eigenvalue weighted by Crippen LogP contribution is -2.24. The summed E-state index contributed by atoms with van der Waals surface area (Å²) in [5, 5.41) is 10.3. The number of aliphatic carboxylic acids is 1. The Morgan fingerprint density at radius 3 is 2.88 bits per heavy atom. The standard InChI is InChI=1S/C10H13NO4S2/c1-2-17(14,15)11-7-9-8(5-6-16-9)3-4-10(12)13/h3-6,11H,2,7H2,1H3,(H,12,13). The molecule has 0 saturated carbocycles. The minimum atomic E-state index is -3.23. The van der Waals surface area contributed by atoms with Crippen LogP contribution in [0.25, 0.3) is 6.08 Å². The van der Waals surface area contributed by atoms with E-state index in [1.807, 2.05) is 0 Å². The summed E-state index contributed by atoms with van der Waals surface area (Å²) in [7, 11) is -3.23. The van der Waals surface area contributed by atoms with Crippen molar-refractivity contribution < 1.29 is 18.3 Å². The summed E-state index contributed by atoms with van der Waals surface area (Å²) in [5.74, 6) is -1.00. The fourth-order valence-corrected chi connectivity index (χ4v) is 2.55. The van der Waals surface area contributed by atoms with Gasteiger partial charge >= 0.3 is 5.97 Å². The SMILES string of the molecule is CCS(=O)(=O)NCc1sccc1C=CC(=O)O. The average Bonchev–Trinajstić information content (AvgIpc) is 2.71. The van der Waals surface area contributed by atoms with Crippen molar-refractivity contribution in [3.05, 3.63) is 28.0 Å². The van der Waals surface area contributed by atoms with Crippen LogP contribution in [0.3, 0.4) is 0 Å². The number of hydrogen-bond acceptors (Lipinski definition) is 4. The van der Waals surface area contributed by atoms with Crippen LogP contribution < -0.4 is 4.72 Å². The second-order valence-corrected chi connectivity index (χ2v) is 6.29. The Bertz CT molecular complexity index is 516. The lowest BCUT2D eigenvalue weighted by molar-refractivity contribution is -0.131. The van der Waals surface area contributed by atoms with Crippen LogP contribution in [0.4, 0.5) is 0 Å². The summed E-state index contributed by atoms with van der Waals surface area (Å²) in [6, 6.07) is 1.75. The molecule has 0 amide bonds. The Kier molecular flexibility index (Phi) is 4.86. The molecule has 0 aliphatic heterocycles. The van der Waals surface area contributed by atoms with Crippen LogP contribution in [0.5, 0.6) is 0 Å². The van der Waals surface area contributed by atoms with E-state index in [0.717, 1.165) is 16.5 Å². The van der Waals surface area contributed by atoms with Gasteiger partial charge in [-0.3, -0.25) is 0 Å². The van der Waals surface area contributed by atoms with E-state index in [1.54, 1.807) is 18.4 Å². The number of carboxylic acid groups (broad SMARTS) is 1. The van der Waals surface area contributed by atoms with E-state index in [-0.39, 0.29) is 12.3 Å². The highest BCUT2D eigenvalue weighted by Gasteiger charge is 2.08. The molecule has 0 aromatic carbocycles. The molecule has 1 aromatic heterocycles. The van der Waals surface area contributed by atoms with Crippen LogP contribution in [0.1, 0.15) is 17.4 Å². The van der Waals surface area contributed by atoms with Gasteiger partial charge in [0.05, 0.1) is 5.75 Å². The van der Waals surface area contributed by atoms with Gasteiger partial charge < -0.3 is 5.11 Å². The molecule has 7 heteroatoms. The zero-order chi connectivity index (χ0) is 12.9. The van der Waals surface area contributed by atoms with Crippen LogP contribution in [-0.2, 0) is 21.4 Å². The number of rotatable bonds is 6. The first-order chi connectivity index (χ1) is 7.94. The first-order valence-corrected chi connectivity index (χ1v) is 7.42. The van der Waals surface area contributed by atoms with Crippen molar-refractivity contribution in [1.29, 1.82) is 0 Å². The van der Waals surface area contributed by atoms with Crippen LogP contribution in [0.2, 0.25) is 0 Å². The fourth-order valence-electron chi connectivity index (χ4n) is 1.08. The smallest absolute Gasteiger partial charge is 0.328 e. The Labute approximate surface area is 104 Å². The molecule has 0 saturated heterocycles. The molecule has 0 aliphatic rings. The topological polar surface area (TPSA) is 83.5 Å². The Balaban J connectivity index is 2.73. The molecule has 2 N–H and O–H groups in total. The number of nitrogens with one attached hydrogen (secondary N) is 1. The first-order valence-electron chi connectivity index (χ1n) is 4.89. The van der Waals surface area contributed by atoms with E-state index in [2.05, 4.69) is 4.72 Å². The predicted molar refractivity (Wildman–Crippen MR) is 67.3 cm³/mol. The lowest BCUT2D eigenvalue weighted by Gasteiger charge is -2.03. The Hall–Kier alpha value is -1.18. The quantitative estimate of drug-likeness (QED) is 0.766. The number of carboxylic acids is 1. The summed E-state index contributed by atoms with van der Waals surface area (Å²) >= 11 is 1.38. The third-order valence-electron chi connectivity index (χ3n) is 2.02. The van der Waals surface area contributed by atoms with Crippen molar-refractivity contribution in [3.8, 4) is 0 Å². The molecule has 1 heterocycles. The van der Waals surface area contributed by atoms with Crippen LogP contribution in [0, 0.1) is 0 Å². The number of hydrogen-bond donors (Lipinski definition) is 2. The van der Waals surface area contributed by atoms with Crippen LogP contribution in [0.15, 0.2) is 17.5 Å². The van der Waals surface area contributed by atoms with E-state index in [1.165, 1.54) is 17.4 Å². The normalized spacial score (nSPS) is 12.1. The third-order valence-corrected chi connectivity index (χ3v) is 4.30. The van der Waals surface area contributed by atoms with Crippen molar-refractivity contribution in [2.45, 2.75) is 13.5 Å². The lowest BCUT2D eigenvalue weighted by atomic mass is 10.2. The van der Waals surface area contributed by atoms with Gasteiger partial charge in [-0.15, -0.1) is 11.3 Å². The second-order valence-electron chi connectivity index (χ2n) is 3.20. The molecular weight excluding hydrogens is 262 g/mol. The molecule has 17 heavy (non-hydrogen) atoms. The van der Waals surface area contributed by atoms with Crippen molar-refractivity contribution in [3.63, 3.8) is 0 Å². The van der Waals surface area contributed by atoms with Gasteiger partial charge in [0.2, 0.25) is 10.0 Å². The van der Waals surface area contributed by atoms with Gasteiger partial charge in [0.25, 0.3) is 0 Å². The van der Waals surface area contributed by atoms with Gasteiger partial charge in [0.15, 0.2) is 0 Å². The minimum Gasteiger partial charge on any atom is -0.478 e. The van der Waals surface area contributed by atoms with Gasteiger partial charge in [-0.05, 0) is 30.0 Å². The molecule has 0 aliphatic carbocycles. The molecule has 5 nitrogen and oxygen atoms in total. The highest BCUT2D eigenvalue weighted by Crippen LogP contribution is 2.18. The molecule has 0 fully saturated rings. The monoisotopic (exact) mass is 275 g/mol. The molecule has 0 unspecified atom stereocenters. The van der Waals surface area contributed by atoms with E-state index in [4.69, 9.17) is 5.11 Å². The largest absolute Gasteiger partial charge is 0.478 e. The fraction of sp³-hybridized carbons (Fsp3) is 0.300. The molecular formula is C10H13NO4S2. The van der Waals surface area contributed by atoms with E-state index in [0.29, 0.717) is 0 Å². The molecule has 1 aromatic rings. The van der Waals surface area contributed by atoms with Crippen molar-refractivity contribution in [1.82, 2.24) is 4.72 Å². The Morgan fingerprint density at radius 2 is 2.29 bits per heavy atom. The molecule has 1 rings (SSSR count). The van der Waals surface area contributed by atoms with Crippen molar-refractivity contribution >= 4 is 33.4 Å². The van der Waals surface area contributed by atoms with Gasteiger partial charge in [-0.25, -0.2) is 17.9 Å². The zero-order valence-corrected chi connectivity index (χ0v) is 10.8. The number of sulfonamides is 1. The van der Waals surface area contributed by atoms with Gasteiger partial charge in [0.1, 0.15) is 0 Å². The van der Waals surface area contributed by atoms with Gasteiger partial charge in [0, 0.05) is 17.5 Å². The maximum absolute atomic E-state index is 11.3. The molecule has 0 bridgehead atoms. The highest BCUT2D eigenvalue weighted by atomic mass is 32.2. The number of carbonyl (C=O) groups is 1. The average molecular weight is 275 g/mol. The van der Waals surface area contributed by atoms with Gasteiger partial charge in [-0.2, -0.15) is 0 Å². The molecule has 0 atom stereocenters. The summed E-state index contributed by atoms with van der Waals surface area (Å²) < 4.78 is 24.9. The van der Waals surface area contributed by atoms with Gasteiger partial charge in [-0.1, -0.05) is 0 Å². The van der Waals surface area contributed by atoms with E-state index < -0.39 is 16.0 Å². The van der Waals surface area contributed by atoms with E-state index in [9.17, 15) is 13.2 Å². The summed E-state index contributed by atoms with van der Waals surface area (Å²) in [6.45, 7) is 1.75. The molecule has 0 radical (unpaired) electrons. The predicted octanol–water partition coefficient (Wildman–Crippen LogP) is 1.29. The minimum absolute atomic E-state index is 0.0265. The van der Waals surface area contributed by atoms with Crippen LogP contribution >= 0.6 is 11.3 Å². The zero-order valence-electron chi connectivity index (χ0n) is 9.21. The maximum Gasteiger partial charge on any atom is 0.328 e. The highest BCUT2D eigenvalue weighted by molar-refractivity contribution is 7.89.